The van der Waals surface area contributed by atoms with Gasteiger partial charge in [-0.1, -0.05) is 19.9 Å². The highest BCUT2D eigenvalue weighted by atomic mass is 32.1. The van der Waals surface area contributed by atoms with Gasteiger partial charge in [0, 0.05) is 25.6 Å². The second-order valence-corrected chi connectivity index (χ2v) is 12.4. The van der Waals surface area contributed by atoms with Gasteiger partial charge in [-0.2, -0.15) is 0 Å². The third kappa shape index (κ3) is 5.80. The van der Waals surface area contributed by atoms with Gasteiger partial charge in [0.15, 0.2) is 0 Å². The van der Waals surface area contributed by atoms with Crippen molar-refractivity contribution in [2.45, 2.75) is 45.1 Å². The van der Waals surface area contributed by atoms with Gasteiger partial charge in [-0.15, -0.1) is 11.3 Å². The molecule has 0 radical (unpaired) electrons. The SMILES string of the molecule is COc1ncc(NC(=O)C(=O)N2C[C@@H](C)CC[C@@H]2c2ccc3sc(C4CC(C)CN(C)C4)nc3c2)cc1C(N)=O. The van der Waals surface area contributed by atoms with Gasteiger partial charge >= 0.3 is 11.8 Å². The van der Waals surface area contributed by atoms with Crippen LogP contribution in [-0.2, 0) is 9.59 Å². The molecular formula is C29H36N6O4S. The van der Waals surface area contributed by atoms with E-state index in [0.717, 1.165) is 48.1 Å². The number of hydrogen-bond donors (Lipinski definition) is 2. The van der Waals surface area contributed by atoms with E-state index in [-0.39, 0.29) is 29.1 Å². The molecule has 2 aliphatic heterocycles. The maximum atomic E-state index is 13.5. The number of aromatic nitrogens is 2. The van der Waals surface area contributed by atoms with Crippen LogP contribution in [0.5, 0.6) is 5.88 Å². The lowest BCUT2D eigenvalue weighted by Crippen LogP contribution is -2.46. The number of thiazole rings is 1. The number of anilines is 1. The number of pyridine rings is 1. The highest BCUT2D eigenvalue weighted by Crippen LogP contribution is 2.38. The number of ether oxygens (including phenoxy) is 1. The zero-order valence-corrected chi connectivity index (χ0v) is 24.2. The number of methoxy groups -OCH3 is 1. The van der Waals surface area contributed by atoms with Gasteiger partial charge in [0.25, 0.3) is 5.91 Å². The predicted molar refractivity (Wildman–Crippen MR) is 154 cm³/mol. The second kappa shape index (κ2) is 11.5. The summed E-state index contributed by atoms with van der Waals surface area (Å²) in [5, 5.41) is 3.74. The van der Waals surface area contributed by atoms with Gasteiger partial charge in [0.05, 0.1) is 40.3 Å². The average Bonchev–Trinajstić information content (AvgIpc) is 3.35. The molecule has 4 atom stereocenters. The number of nitrogens with zero attached hydrogens (tertiary/aromatic N) is 4. The number of amides is 3. The molecule has 2 saturated heterocycles. The van der Waals surface area contributed by atoms with Crippen LogP contribution in [0.15, 0.2) is 30.5 Å². The molecule has 2 aromatic heterocycles. The number of fused-ring (bicyclic) bond motifs is 1. The summed E-state index contributed by atoms with van der Waals surface area (Å²) < 4.78 is 6.19. The molecule has 0 aliphatic carbocycles. The fourth-order valence-corrected chi connectivity index (χ4v) is 7.09. The fraction of sp³-hybridized carbons (Fsp3) is 0.483. The van der Waals surface area contributed by atoms with E-state index in [1.54, 1.807) is 16.2 Å². The first kappa shape index (κ1) is 28.0. The number of carbonyl (C=O) groups is 3. The van der Waals surface area contributed by atoms with Crippen LogP contribution in [-0.4, -0.2) is 71.3 Å². The fourth-order valence-electron chi connectivity index (χ4n) is 6.04. The summed E-state index contributed by atoms with van der Waals surface area (Å²) in [6, 6.07) is 7.35. The van der Waals surface area contributed by atoms with Gasteiger partial charge in [0.2, 0.25) is 5.88 Å². The number of likely N-dealkylation sites (tertiary alicyclic amines) is 2. The molecule has 212 valence electrons. The molecule has 0 spiro atoms. The van der Waals surface area contributed by atoms with Crippen LogP contribution in [0.1, 0.15) is 66.0 Å². The van der Waals surface area contributed by atoms with Gasteiger partial charge in [-0.05, 0) is 61.9 Å². The van der Waals surface area contributed by atoms with E-state index in [4.69, 9.17) is 15.5 Å². The molecule has 0 bridgehead atoms. The van der Waals surface area contributed by atoms with Crippen LogP contribution in [0.4, 0.5) is 5.69 Å². The Balaban J connectivity index is 1.37. The Morgan fingerprint density at radius 1 is 1.10 bits per heavy atom. The van der Waals surface area contributed by atoms with E-state index in [2.05, 4.69) is 54.3 Å². The van der Waals surface area contributed by atoms with Crippen LogP contribution >= 0.6 is 11.3 Å². The van der Waals surface area contributed by atoms with E-state index < -0.39 is 17.7 Å². The minimum Gasteiger partial charge on any atom is -0.480 e. The lowest BCUT2D eigenvalue weighted by Gasteiger charge is -2.38. The van der Waals surface area contributed by atoms with Crippen molar-refractivity contribution >= 4 is 45.0 Å². The number of benzene rings is 1. The molecule has 10 nitrogen and oxygen atoms in total. The van der Waals surface area contributed by atoms with Crippen LogP contribution < -0.4 is 15.8 Å². The highest BCUT2D eigenvalue weighted by molar-refractivity contribution is 7.18. The van der Waals surface area contributed by atoms with Crippen molar-refractivity contribution in [2.24, 2.45) is 17.6 Å². The Hall–Kier alpha value is -3.57. The molecule has 5 rings (SSSR count). The number of primary amides is 1. The molecule has 3 amide bonds. The second-order valence-electron chi connectivity index (χ2n) is 11.3. The van der Waals surface area contributed by atoms with E-state index in [1.165, 1.54) is 24.4 Å². The van der Waals surface area contributed by atoms with Crippen molar-refractivity contribution < 1.29 is 19.1 Å². The van der Waals surface area contributed by atoms with Gasteiger partial charge in [-0.25, -0.2) is 9.97 Å². The Morgan fingerprint density at radius 3 is 2.62 bits per heavy atom. The molecule has 4 heterocycles. The summed E-state index contributed by atoms with van der Waals surface area (Å²) in [7, 11) is 3.54. The first-order valence-electron chi connectivity index (χ1n) is 13.7. The third-order valence-electron chi connectivity index (χ3n) is 7.84. The Labute approximate surface area is 237 Å². The summed E-state index contributed by atoms with van der Waals surface area (Å²) in [6.45, 7) is 6.97. The lowest BCUT2D eigenvalue weighted by atomic mass is 9.89. The molecule has 2 aliphatic rings. The first-order chi connectivity index (χ1) is 19.1. The van der Waals surface area contributed by atoms with Crippen molar-refractivity contribution in [1.82, 2.24) is 19.8 Å². The number of nitrogens with one attached hydrogen (secondary N) is 1. The zero-order chi connectivity index (χ0) is 28.6. The molecule has 0 saturated carbocycles. The molecule has 11 heteroatoms. The molecule has 1 aromatic carbocycles. The maximum Gasteiger partial charge on any atom is 0.313 e. The van der Waals surface area contributed by atoms with Gasteiger partial charge in [0.1, 0.15) is 5.56 Å². The number of hydrogen-bond acceptors (Lipinski definition) is 8. The molecular weight excluding hydrogens is 528 g/mol. The number of rotatable bonds is 5. The normalized spacial score (nSPS) is 23.6. The number of carbonyl (C=O) groups excluding carboxylic acids is 3. The minimum absolute atomic E-state index is 0.0162. The van der Waals surface area contributed by atoms with Crippen molar-refractivity contribution in [3.8, 4) is 5.88 Å². The zero-order valence-electron chi connectivity index (χ0n) is 23.3. The van der Waals surface area contributed by atoms with E-state index in [0.29, 0.717) is 18.4 Å². The Bertz CT molecular complexity index is 1430. The number of likely N-dealkylation sites (N-methyl/N-ethyl adjacent to an activating group) is 1. The highest BCUT2D eigenvalue weighted by Gasteiger charge is 2.35. The van der Waals surface area contributed by atoms with Gasteiger partial charge < -0.3 is 25.6 Å². The van der Waals surface area contributed by atoms with Crippen LogP contribution in [0.3, 0.4) is 0 Å². The van der Waals surface area contributed by atoms with Crippen LogP contribution in [0, 0.1) is 11.8 Å². The van der Waals surface area contributed by atoms with E-state index in [1.807, 2.05) is 0 Å². The summed E-state index contributed by atoms with van der Waals surface area (Å²) in [5.41, 5.74) is 7.53. The summed E-state index contributed by atoms with van der Waals surface area (Å²) in [4.78, 5) is 51.4. The molecule has 40 heavy (non-hydrogen) atoms. The molecule has 3 aromatic rings. The monoisotopic (exact) mass is 564 g/mol. The smallest absolute Gasteiger partial charge is 0.313 e. The summed E-state index contributed by atoms with van der Waals surface area (Å²) >= 11 is 1.75. The van der Waals surface area contributed by atoms with Crippen molar-refractivity contribution in [3.05, 3.63) is 46.6 Å². The summed E-state index contributed by atoms with van der Waals surface area (Å²) in [5.74, 6) is -0.807. The largest absolute Gasteiger partial charge is 0.480 e. The minimum atomic E-state index is -0.797. The van der Waals surface area contributed by atoms with E-state index >= 15 is 0 Å². The van der Waals surface area contributed by atoms with E-state index in [9.17, 15) is 14.4 Å². The standard InChI is InChI=1S/C29H36N6O4S/c1-16-5-7-23(18-6-8-24-22(10-18)33-28(40-24)19-9-17(2)13-34(3)15-19)35(14-16)29(38)26(37)32-20-11-21(25(30)36)27(39-4)31-12-20/h6,8,10-12,16-17,19,23H,5,7,9,13-15H2,1-4H3,(H2,30,36)(H,32,37)/t16-,17?,19?,23+/m0/s1. The summed E-state index contributed by atoms with van der Waals surface area (Å²) in [6.07, 6.45) is 4.17. The number of nitrogens with two attached hydrogens (primary N) is 1. The van der Waals surface area contributed by atoms with Crippen molar-refractivity contribution in [3.63, 3.8) is 0 Å². The van der Waals surface area contributed by atoms with Crippen molar-refractivity contribution in [1.29, 1.82) is 0 Å². The predicted octanol–water partition coefficient (Wildman–Crippen LogP) is 3.79. The third-order valence-corrected chi connectivity index (χ3v) is 9.04. The Morgan fingerprint density at radius 2 is 1.90 bits per heavy atom. The van der Waals surface area contributed by atoms with Crippen LogP contribution in [0.25, 0.3) is 10.2 Å². The maximum absolute atomic E-state index is 13.5. The molecule has 2 fully saturated rings. The first-order valence-corrected chi connectivity index (χ1v) is 14.5. The average molecular weight is 565 g/mol. The quantitative estimate of drug-likeness (QED) is 0.451. The van der Waals surface area contributed by atoms with Gasteiger partial charge in [-0.3, -0.25) is 14.4 Å². The lowest BCUT2D eigenvalue weighted by molar-refractivity contribution is -0.146. The Kier molecular flexibility index (Phi) is 8.04. The number of piperidine rings is 2. The van der Waals surface area contributed by atoms with Crippen molar-refractivity contribution in [2.75, 3.05) is 39.1 Å². The topological polar surface area (TPSA) is 131 Å². The molecule has 3 N–H and O–H groups in total. The van der Waals surface area contributed by atoms with Crippen LogP contribution in [0.2, 0.25) is 0 Å². The molecule has 2 unspecified atom stereocenters.